The summed E-state index contributed by atoms with van der Waals surface area (Å²) in [6.45, 7) is -0.243. The van der Waals surface area contributed by atoms with Gasteiger partial charge >= 0.3 is 0 Å². The van der Waals surface area contributed by atoms with Crippen LogP contribution in [-0.4, -0.2) is 18.4 Å². The standard InChI is InChI=1S/C13H10Cl2N2O3S/c14-7-3-8(15)5-9(4-7)20-6-11(18)17-13-10(12(16)19)1-2-21-13/h1-5H,6H2,(H2,16,19)(H,17,18). The van der Waals surface area contributed by atoms with Gasteiger partial charge in [0.15, 0.2) is 6.61 Å². The highest BCUT2D eigenvalue weighted by atomic mass is 35.5. The molecule has 0 aliphatic rings. The summed E-state index contributed by atoms with van der Waals surface area (Å²) in [5.41, 5.74) is 5.45. The van der Waals surface area contributed by atoms with Crippen molar-refractivity contribution in [2.24, 2.45) is 5.73 Å². The fourth-order valence-electron chi connectivity index (χ4n) is 1.52. The number of carbonyl (C=O) groups is 2. The average Bonchev–Trinajstić information content (AvgIpc) is 2.83. The minimum atomic E-state index is -0.603. The Morgan fingerprint density at radius 3 is 2.52 bits per heavy atom. The number of hydrogen-bond acceptors (Lipinski definition) is 4. The Bertz CT molecular complexity index is 668. The number of primary amides is 1. The van der Waals surface area contributed by atoms with Gasteiger partial charge in [0.25, 0.3) is 11.8 Å². The molecule has 0 atom stereocenters. The Labute approximate surface area is 134 Å². The first-order chi connectivity index (χ1) is 9.95. The molecule has 0 radical (unpaired) electrons. The van der Waals surface area contributed by atoms with Gasteiger partial charge < -0.3 is 15.8 Å². The van der Waals surface area contributed by atoms with E-state index in [-0.39, 0.29) is 12.2 Å². The van der Waals surface area contributed by atoms with E-state index in [0.29, 0.717) is 20.8 Å². The lowest BCUT2D eigenvalue weighted by Gasteiger charge is -2.08. The Kier molecular flexibility index (Phi) is 5.06. The van der Waals surface area contributed by atoms with E-state index in [2.05, 4.69) is 5.32 Å². The van der Waals surface area contributed by atoms with Gasteiger partial charge in [-0.2, -0.15) is 0 Å². The van der Waals surface area contributed by atoms with Crippen molar-refractivity contribution < 1.29 is 14.3 Å². The molecule has 1 heterocycles. The predicted molar refractivity (Wildman–Crippen MR) is 83.4 cm³/mol. The SMILES string of the molecule is NC(=O)c1ccsc1NC(=O)COc1cc(Cl)cc(Cl)c1. The molecule has 0 fully saturated rings. The van der Waals surface area contributed by atoms with Crippen LogP contribution in [-0.2, 0) is 4.79 Å². The summed E-state index contributed by atoms with van der Waals surface area (Å²) in [7, 11) is 0. The average molecular weight is 345 g/mol. The summed E-state index contributed by atoms with van der Waals surface area (Å²) in [5, 5.41) is 5.43. The quantitative estimate of drug-likeness (QED) is 0.873. The van der Waals surface area contributed by atoms with Gasteiger partial charge in [-0.05, 0) is 29.6 Å². The van der Waals surface area contributed by atoms with Crippen LogP contribution >= 0.6 is 34.5 Å². The molecule has 5 nitrogen and oxygen atoms in total. The van der Waals surface area contributed by atoms with E-state index in [0.717, 1.165) is 0 Å². The van der Waals surface area contributed by atoms with Crippen LogP contribution < -0.4 is 15.8 Å². The number of anilines is 1. The molecule has 3 N–H and O–H groups in total. The second-order valence-corrected chi connectivity index (χ2v) is 5.76. The maximum absolute atomic E-state index is 11.8. The van der Waals surface area contributed by atoms with Gasteiger partial charge in [-0.25, -0.2) is 0 Å². The Balaban J connectivity index is 1.96. The molecule has 1 aromatic carbocycles. The highest BCUT2D eigenvalue weighted by molar-refractivity contribution is 7.14. The van der Waals surface area contributed by atoms with E-state index in [1.807, 2.05) is 0 Å². The molecule has 21 heavy (non-hydrogen) atoms. The van der Waals surface area contributed by atoms with Gasteiger partial charge in [-0.1, -0.05) is 23.2 Å². The van der Waals surface area contributed by atoms with Gasteiger partial charge in [0.05, 0.1) is 5.56 Å². The van der Waals surface area contributed by atoms with Crippen LogP contribution in [0.2, 0.25) is 10.0 Å². The van der Waals surface area contributed by atoms with E-state index in [1.54, 1.807) is 29.6 Å². The second-order valence-electron chi connectivity index (χ2n) is 3.97. The summed E-state index contributed by atoms with van der Waals surface area (Å²) in [6, 6.07) is 6.18. The number of thiophene rings is 1. The molecule has 2 amide bonds. The van der Waals surface area contributed by atoms with E-state index in [1.165, 1.54) is 11.3 Å². The van der Waals surface area contributed by atoms with Crippen LogP contribution in [0.25, 0.3) is 0 Å². The molecule has 0 aliphatic heterocycles. The molecule has 1 aromatic heterocycles. The van der Waals surface area contributed by atoms with Crippen LogP contribution in [0.3, 0.4) is 0 Å². The van der Waals surface area contributed by atoms with Crippen molar-refractivity contribution in [2.75, 3.05) is 11.9 Å². The van der Waals surface area contributed by atoms with Crippen LogP contribution in [0.15, 0.2) is 29.6 Å². The maximum atomic E-state index is 11.8. The molecule has 0 unspecified atom stereocenters. The summed E-state index contributed by atoms with van der Waals surface area (Å²) in [4.78, 5) is 22.9. The molecule has 0 saturated heterocycles. The summed E-state index contributed by atoms with van der Waals surface area (Å²) < 4.78 is 5.29. The lowest BCUT2D eigenvalue weighted by atomic mass is 10.3. The first kappa shape index (κ1) is 15.6. The molecular formula is C13H10Cl2N2O3S. The number of ether oxygens (including phenoxy) is 1. The van der Waals surface area contributed by atoms with Crippen LogP contribution in [0.1, 0.15) is 10.4 Å². The lowest BCUT2D eigenvalue weighted by molar-refractivity contribution is -0.118. The fraction of sp³-hybridized carbons (Fsp3) is 0.0769. The highest BCUT2D eigenvalue weighted by Crippen LogP contribution is 2.25. The monoisotopic (exact) mass is 344 g/mol. The van der Waals surface area contributed by atoms with E-state index in [9.17, 15) is 9.59 Å². The van der Waals surface area contributed by atoms with E-state index in [4.69, 9.17) is 33.7 Å². The first-order valence-electron chi connectivity index (χ1n) is 5.72. The minimum absolute atomic E-state index is 0.243. The normalized spacial score (nSPS) is 10.2. The summed E-state index contributed by atoms with van der Waals surface area (Å²) >= 11 is 12.8. The van der Waals surface area contributed by atoms with Crippen LogP contribution in [0, 0.1) is 0 Å². The third-order valence-corrected chi connectivity index (χ3v) is 3.66. The van der Waals surface area contributed by atoms with Crippen molar-refractivity contribution >= 4 is 51.4 Å². The zero-order valence-corrected chi connectivity index (χ0v) is 12.9. The molecule has 0 saturated carbocycles. The van der Waals surface area contributed by atoms with Crippen molar-refractivity contribution in [1.82, 2.24) is 0 Å². The van der Waals surface area contributed by atoms with Crippen molar-refractivity contribution in [3.63, 3.8) is 0 Å². The molecule has 2 rings (SSSR count). The molecule has 0 bridgehead atoms. The Hall–Kier alpha value is -1.76. The van der Waals surface area contributed by atoms with Gasteiger partial charge in [-0.3, -0.25) is 9.59 Å². The number of nitrogens with one attached hydrogen (secondary N) is 1. The molecule has 0 aliphatic carbocycles. The zero-order valence-electron chi connectivity index (χ0n) is 10.6. The summed E-state index contributed by atoms with van der Waals surface area (Å²) in [6.07, 6.45) is 0. The van der Waals surface area contributed by atoms with Gasteiger partial charge in [0, 0.05) is 10.0 Å². The number of benzene rings is 1. The van der Waals surface area contributed by atoms with Crippen molar-refractivity contribution in [3.05, 3.63) is 45.3 Å². The number of halogens is 2. The Morgan fingerprint density at radius 2 is 1.90 bits per heavy atom. The number of rotatable bonds is 5. The fourth-order valence-corrected chi connectivity index (χ4v) is 2.84. The largest absolute Gasteiger partial charge is 0.484 e. The Morgan fingerprint density at radius 1 is 1.24 bits per heavy atom. The molecule has 110 valence electrons. The number of nitrogens with two attached hydrogens (primary N) is 1. The zero-order chi connectivity index (χ0) is 15.4. The third kappa shape index (κ3) is 4.35. The predicted octanol–water partition coefficient (Wildman–Crippen LogP) is 3.17. The number of amides is 2. The smallest absolute Gasteiger partial charge is 0.262 e. The topological polar surface area (TPSA) is 81.4 Å². The van der Waals surface area contributed by atoms with Crippen molar-refractivity contribution in [2.45, 2.75) is 0 Å². The number of hydrogen-bond donors (Lipinski definition) is 2. The van der Waals surface area contributed by atoms with Gasteiger partial charge in [0.1, 0.15) is 10.8 Å². The molecule has 2 aromatic rings. The molecule has 8 heteroatoms. The third-order valence-electron chi connectivity index (χ3n) is 2.39. The van der Waals surface area contributed by atoms with Gasteiger partial charge in [-0.15, -0.1) is 11.3 Å². The lowest BCUT2D eigenvalue weighted by Crippen LogP contribution is -2.21. The summed E-state index contributed by atoms with van der Waals surface area (Å²) in [5.74, 6) is -0.644. The van der Waals surface area contributed by atoms with Crippen LogP contribution in [0.5, 0.6) is 5.75 Å². The molecular weight excluding hydrogens is 335 g/mol. The maximum Gasteiger partial charge on any atom is 0.262 e. The minimum Gasteiger partial charge on any atom is -0.484 e. The second kappa shape index (κ2) is 6.80. The van der Waals surface area contributed by atoms with Crippen molar-refractivity contribution in [1.29, 1.82) is 0 Å². The first-order valence-corrected chi connectivity index (χ1v) is 7.35. The highest BCUT2D eigenvalue weighted by Gasteiger charge is 2.13. The van der Waals surface area contributed by atoms with Crippen molar-refractivity contribution in [3.8, 4) is 5.75 Å². The number of carbonyl (C=O) groups excluding carboxylic acids is 2. The van der Waals surface area contributed by atoms with Crippen LogP contribution in [0.4, 0.5) is 5.00 Å². The van der Waals surface area contributed by atoms with E-state index < -0.39 is 11.8 Å². The van der Waals surface area contributed by atoms with Gasteiger partial charge in [0.2, 0.25) is 0 Å². The molecule has 0 spiro atoms. The van der Waals surface area contributed by atoms with E-state index >= 15 is 0 Å².